The van der Waals surface area contributed by atoms with E-state index in [4.69, 9.17) is 0 Å². The normalized spacial score (nSPS) is 14.1. The van der Waals surface area contributed by atoms with Gasteiger partial charge in [0.1, 0.15) is 6.33 Å². The molecule has 0 saturated heterocycles. The molecule has 0 aliphatic heterocycles. The van der Waals surface area contributed by atoms with Crippen LogP contribution in [0.5, 0.6) is 0 Å². The maximum atomic E-state index is 12.2. The third kappa shape index (κ3) is 5.29. The van der Waals surface area contributed by atoms with Gasteiger partial charge in [0, 0.05) is 23.8 Å². The topological polar surface area (TPSA) is 101 Å². The molecule has 0 radical (unpaired) electrons. The Morgan fingerprint density at radius 2 is 1.93 bits per heavy atom. The van der Waals surface area contributed by atoms with E-state index in [9.17, 15) is 9.59 Å². The minimum Gasteiger partial charge on any atom is -0.331 e. The lowest BCUT2D eigenvalue weighted by molar-refractivity contribution is -0.119. The summed E-state index contributed by atoms with van der Waals surface area (Å²) in [6.45, 7) is 3.18. The highest BCUT2D eigenvalue weighted by Crippen LogP contribution is 2.26. The number of nitrogens with zero attached hydrogens (tertiary/aromatic N) is 3. The van der Waals surface area contributed by atoms with Gasteiger partial charge in [-0.1, -0.05) is 25.8 Å². The highest BCUT2D eigenvalue weighted by Gasteiger charge is 2.22. The van der Waals surface area contributed by atoms with Crippen LogP contribution in [0.25, 0.3) is 0 Å². The second-order valence-electron chi connectivity index (χ2n) is 6.80. The number of amides is 3. The summed E-state index contributed by atoms with van der Waals surface area (Å²) in [5, 5.41) is 16.4. The van der Waals surface area contributed by atoms with Crippen LogP contribution in [-0.2, 0) is 17.9 Å². The summed E-state index contributed by atoms with van der Waals surface area (Å²) in [7, 11) is 0. The van der Waals surface area contributed by atoms with Crippen molar-refractivity contribution in [2.24, 2.45) is 5.92 Å². The second kappa shape index (κ2) is 9.16. The maximum Gasteiger partial charge on any atom is 0.319 e. The zero-order chi connectivity index (χ0) is 19.1. The van der Waals surface area contributed by atoms with Crippen molar-refractivity contribution in [1.82, 2.24) is 20.1 Å². The van der Waals surface area contributed by atoms with Gasteiger partial charge in [0.15, 0.2) is 5.82 Å². The van der Waals surface area contributed by atoms with E-state index in [0.29, 0.717) is 23.7 Å². The smallest absolute Gasteiger partial charge is 0.319 e. The van der Waals surface area contributed by atoms with Crippen molar-refractivity contribution in [2.75, 3.05) is 10.6 Å². The van der Waals surface area contributed by atoms with Crippen molar-refractivity contribution in [3.05, 3.63) is 36.4 Å². The average Bonchev–Trinajstić information content (AvgIpc) is 3.33. The summed E-state index contributed by atoms with van der Waals surface area (Å²) in [6.07, 6.45) is 6.77. The lowest BCUT2D eigenvalue weighted by Gasteiger charge is -2.12. The van der Waals surface area contributed by atoms with E-state index >= 15 is 0 Å². The van der Waals surface area contributed by atoms with Crippen LogP contribution >= 0.6 is 0 Å². The second-order valence-corrected chi connectivity index (χ2v) is 6.80. The van der Waals surface area contributed by atoms with E-state index in [1.54, 1.807) is 24.5 Å². The van der Waals surface area contributed by atoms with Gasteiger partial charge in [-0.2, -0.15) is 0 Å². The quantitative estimate of drug-likeness (QED) is 0.697. The number of aromatic nitrogens is 3. The summed E-state index contributed by atoms with van der Waals surface area (Å²) < 4.78 is 1.92. The number of urea groups is 1. The predicted octanol–water partition coefficient (Wildman–Crippen LogP) is 3.14. The fourth-order valence-electron chi connectivity index (χ4n) is 3.29. The van der Waals surface area contributed by atoms with Gasteiger partial charge < -0.3 is 20.5 Å². The average molecular weight is 370 g/mol. The Hall–Kier alpha value is -2.90. The fourth-order valence-corrected chi connectivity index (χ4v) is 3.29. The van der Waals surface area contributed by atoms with E-state index in [-0.39, 0.29) is 17.9 Å². The van der Waals surface area contributed by atoms with Crippen LogP contribution in [0.2, 0.25) is 0 Å². The number of carbonyl (C=O) groups excluding carboxylic acids is 2. The molecule has 0 atom stereocenters. The summed E-state index contributed by atoms with van der Waals surface area (Å²) in [4.78, 5) is 24.4. The maximum absolute atomic E-state index is 12.2. The Morgan fingerprint density at radius 1 is 1.19 bits per heavy atom. The standard InChI is InChI=1S/C19H26N6O2/c1-2-10-25-13-21-24-17(25)12-20-19(27)23-16-9-5-8-15(11-16)22-18(26)14-6-3-4-7-14/h5,8-9,11,13-14H,2-4,6-7,10,12H2,1H3,(H,22,26)(H2,20,23,27). The molecule has 144 valence electrons. The van der Waals surface area contributed by atoms with Crippen molar-refractivity contribution in [1.29, 1.82) is 0 Å². The molecular weight excluding hydrogens is 344 g/mol. The fraction of sp³-hybridized carbons (Fsp3) is 0.474. The Labute approximate surface area is 158 Å². The number of anilines is 2. The van der Waals surface area contributed by atoms with E-state index in [2.05, 4.69) is 33.1 Å². The lowest BCUT2D eigenvalue weighted by atomic mass is 10.1. The van der Waals surface area contributed by atoms with Crippen LogP contribution in [0, 0.1) is 5.92 Å². The van der Waals surface area contributed by atoms with Crippen molar-refractivity contribution in [3.63, 3.8) is 0 Å². The molecule has 0 spiro atoms. The third-order valence-electron chi connectivity index (χ3n) is 4.68. The summed E-state index contributed by atoms with van der Waals surface area (Å²) in [6, 6.07) is 6.83. The number of rotatable bonds is 7. The van der Waals surface area contributed by atoms with Crippen molar-refractivity contribution in [3.8, 4) is 0 Å². The highest BCUT2D eigenvalue weighted by atomic mass is 16.2. The Morgan fingerprint density at radius 3 is 2.67 bits per heavy atom. The number of hydrogen-bond acceptors (Lipinski definition) is 4. The molecule has 0 bridgehead atoms. The summed E-state index contributed by atoms with van der Waals surface area (Å²) in [5.74, 6) is 0.874. The molecule has 2 aromatic rings. The van der Waals surface area contributed by atoms with Crippen LogP contribution in [0.1, 0.15) is 44.9 Å². The number of hydrogen-bond donors (Lipinski definition) is 3. The zero-order valence-electron chi connectivity index (χ0n) is 15.6. The van der Waals surface area contributed by atoms with Crippen LogP contribution in [0.4, 0.5) is 16.2 Å². The summed E-state index contributed by atoms with van der Waals surface area (Å²) in [5.41, 5.74) is 1.30. The number of nitrogens with one attached hydrogen (secondary N) is 3. The van der Waals surface area contributed by atoms with Crippen LogP contribution < -0.4 is 16.0 Å². The summed E-state index contributed by atoms with van der Waals surface area (Å²) >= 11 is 0. The van der Waals surface area contributed by atoms with E-state index < -0.39 is 0 Å². The predicted molar refractivity (Wildman–Crippen MR) is 103 cm³/mol. The van der Waals surface area contributed by atoms with Gasteiger partial charge in [0.05, 0.1) is 6.54 Å². The minimum atomic E-state index is -0.333. The molecule has 1 saturated carbocycles. The van der Waals surface area contributed by atoms with Gasteiger partial charge in [-0.3, -0.25) is 4.79 Å². The SMILES string of the molecule is CCCn1cnnc1CNC(=O)Nc1cccc(NC(=O)C2CCCC2)c1. The Bertz CT molecular complexity index is 782. The molecule has 1 fully saturated rings. The molecule has 8 heteroatoms. The van der Waals surface area contributed by atoms with Crippen molar-refractivity contribution >= 4 is 23.3 Å². The van der Waals surface area contributed by atoms with Crippen molar-refractivity contribution < 1.29 is 9.59 Å². The van der Waals surface area contributed by atoms with Crippen molar-refractivity contribution in [2.45, 2.75) is 52.1 Å². The van der Waals surface area contributed by atoms with Gasteiger partial charge in [0.25, 0.3) is 0 Å². The van der Waals surface area contributed by atoms with Crippen LogP contribution in [0.15, 0.2) is 30.6 Å². The van der Waals surface area contributed by atoms with E-state index in [1.807, 2.05) is 10.6 Å². The first-order chi connectivity index (χ1) is 13.2. The number of benzene rings is 1. The molecule has 3 rings (SSSR count). The molecular formula is C19H26N6O2. The van der Waals surface area contributed by atoms with Crippen LogP contribution in [0.3, 0.4) is 0 Å². The molecule has 1 aliphatic carbocycles. The first-order valence-corrected chi connectivity index (χ1v) is 9.48. The Balaban J connectivity index is 1.51. The molecule has 27 heavy (non-hydrogen) atoms. The molecule has 1 aromatic carbocycles. The molecule has 0 unspecified atom stereocenters. The zero-order valence-corrected chi connectivity index (χ0v) is 15.6. The molecule has 1 aromatic heterocycles. The van der Waals surface area contributed by atoms with Gasteiger partial charge in [0.2, 0.25) is 5.91 Å². The Kier molecular flexibility index (Phi) is 6.40. The largest absolute Gasteiger partial charge is 0.331 e. The highest BCUT2D eigenvalue weighted by molar-refractivity contribution is 5.94. The third-order valence-corrected chi connectivity index (χ3v) is 4.68. The first kappa shape index (κ1) is 18.9. The van der Waals surface area contributed by atoms with E-state index in [1.165, 1.54) is 0 Å². The van der Waals surface area contributed by atoms with Crippen LogP contribution in [-0.4, -0.2) is 26.7 Å². The number of carbonyl (C=O) groups is 2. The van der Waals surface area contributed by atoms with Gasteiger partial charge in [-0.15, -0.1) is 10.2 Å². The van der Waals surface area contributed by atoms with Gasteiger partial charge in [-0.25, -0.2) is 4.79 Å². The number of aryl methyl sites for hydroxylation is 1. The monoisotopic (exact) mass is 370 g/mol. The molecule has 3 amide bonds. The van der Waals surface area contributed by atoms with E-state index in [0.717, 1.165) is 38.6 Å². The lowest BCUT2D eigenvalue weighted by Crippen LogP contribution is -2.29. The first-order valence-electron chi connectivity index (χ1n) is 9.48. The van der Waals surface area contributed by atoms with Gasteiger partial charge in [-0.05, 0) is 37.5 Å². The molecule has 3 N–H and O–H groups in total. The molecule has 1 heterocycles. The molecule has 8 nitrogen and oxygen atoms in total. The minimum absolute atomic E-state index is 0.0596. The van der Waals surface area contributed by atoms with Gasteiger partial charge >= 0.3 is 6.03 Å². The molecule has 1 aliphatic rings.